The van der Waals surface area contributed by atoms with E-state index in [1.54, 1.807) is 13.2 Å². The monoisotopic (exact) mass is 337 g/mol. The van der Waals surface area contributed by atoms with Crippen molar-refractivity contribution in [3.05, 3.63) is 25.7 Å². The van der Waals surface area contributed by atoms with Gasteiger partial charge in [0, 0.05) is 3.57 Å². The van der Waals surface area contributed by atoms with Crippen LogP contribution in [0.4, 0.5) is 0 Å². The zero-order valence-corrected chi connectivity index (χ0v) is 10.0. The van der Waals surface area contributed by atoms with E-state index in [4.69, 9.17) is 10.00 Å². The maximum Gasteiger partial charge on any atom is 0.135 e. The van der Waals surface area contributed by atoms with Crippen LogP contribution in [0.5, 0.6) is 5.75 Å². The third kappa shape index (κ3) is 1.90. The highest BCUT2D eigenvalue weighted by molar-refractivity contribution is 14.1. The van der Waals surface area contributed by atoms with Gasteiger partial charge < -0.3 is 4.74 Å². The zero-order chi connectivity index (χ0) is 9.14. The van der Waals surface area contributed by atoms with Gasteiger partial charge in [0.1, 0.15) is 11.8 Å². The van der Waals surface area contributed by atoms with E-state index in [9.17, 15) is 0 Å². The van der Waals surface area contributed by atoms with Crippen LogP contribution >= 0.6 is 38.5 Å². The minimum Gasteiger partial charge on any atom is -0.495 e. The Morgan fingerprint density at radius 2 is 2.25 bits per heavy atom. The molecule has 0 amide bonds. The van der Waals surface area contributed by atoms with Gasteiger partial charge in [0.25, 0.3) is 0 Å². The van der Waals surface area contributed by atoms with Crippen LogP contribution in [0.2, 0.25) is 0 Å². The first kappa shape index (κ1) is 9.81. The van der Waals surface area contributed by atoms with Crippen LogP contribution in [-0.4, -0.2) is 7.11 Å². The molecule has 0 atom stereocenters. The molecule has 0 aliphatic rings. The fraction of sp³-hybridized carbons (Fsp3) is 0.125. The Bertz CT molecular complexity index is 346. The lowest BCUT2D eigenvalue weighted by Gasteiger charge is -2.04. The van der Waals surface area contributed by atoms with Crippen molar-refractivity contribution < 1.29 is 4.74 Å². The molecule has 0 spiro atoms. The summed E-state index contributed by atoms with van der Waals surface area (Å²) in [6.45, 7) is 0. The van der Waals surface area contributed by atoms with Crippen molar-refractivity contribution >= 4 is 38.5 Å². The molecule has 0 fully saturated rings. The van der Waals surface area contributed by atoms with Gasteiger partial charge in [-0.25, -0.2) is 0 Å². The Hall–Kier alpha value is -0.280. The third-order valence-corrected chi connectivity index (χ3v) is 2.79. The molecule has 0 N–H and O–H groups in total. The standard InChI is InChI=1S/C8H5BrINO/c1-12-7-3-6(10)2-5(4-11)8(7)9/h2-3H,1H3. The summed E-state index contributed by atoms with van der Waals surface area (Å²) in [6, 6.07) is 5.74. The largest absolute Gasteiger partial charge is 0.495 e. The fourth-order valence-corrected chi connectivity index (χ4v) is 1.87. The van der Waals surface area contributed by atoms with Crippen LogP contribution in [0, 0.1) is 14.9 Å². The predicted molar refractivity (Wildman–Crippen MR) is 58.1 cm³/mol. The molecule has 0 saturated carbocycles. The second kappa shape index (κ2) is 4.10. The van der Waals surface area contributed by atoms with Gasteiger partial charge in [-0.2, -0.15) is 5.26 Å². The van der Waals surface area contributed by atoms with Crippen LogP contribution in [0.15, 0.2) is 16.6 Å². The number of hydrogen-bond donors (Lipinski definition) is 0. The van der Waals surface area contributed by atoms with Gasteiger partial charge in [0.05, 0.1) is 17.1 Å². The highest BCUT2D eigenvalue weighted by atomic mass is 127. The molecule has 62 valence electrons. The number of nitrogens with zero attached hydrogens (tertiary/aromatic N) is 1. The van der Waals surface area contributed by atoms with Gasteiger partial charge in [0.15, 0.2) is 0 Å². The van der Waals surface area contributed by atoms with Crippen molar-refractivity contribution in [3.63, 3.8) is 0 Å². The molecule has 0 radical (unpaired) electrons. The second-order valence-electron chi connectivity index (χ2n) is 2.08. The highest BCUT2D eigenvalue weighted by Crippen LogP contribution is 2.30. The summed E-state index contributed by atoms with van der Waals surface area (Å²) in [6.07, 6.45) is 0. The molecular formula is C8H5BrINO. The van der Waals surface area contributed by atoms with E-state index < -0.39 is 0 Å². The molecule has 0 aliphatic heterocycles. The van der Waals surface area contributed by atoms with Crippen LogP contribution in [0.25, 0.3) is 0 Å². The minimum absolute atomic E-state index is 0.596. The molecule has 1 aromatic carbocycles. The molecule has 0 saturated heterocycles. The van der Waals surface area contributed by atoms with Crippen LogP contribution in [0.1, 0.15) is 5.56 Å². The summed E-state index contributed by atoms with van der Waals surface area (Å²) in [5.74, 6) is 0.693. The maximum absolute atomic E-state index is 8.72. The Balaban J connectivity index is 3.34. The molecule has 0 bridgehead atoms. The van der Waals surface area contributed by atoms with E-state index in [1.807, 2.05) is 6.07 Å². The third-order valence-electron chi connectivity index (χ3n) is 1.34. The first-order valence-corrected chi connectivity index (χ1v) is 4.99. The Morgan fingerprint density at radius 3 is 2.75 bits per heavy atom. The van der Waals surface area contributed by atoms with Crippen molar-refractivity contribution in [1.82, 2.24) is 0 Å². The van der Waals surface area contributed by atoms with Crippen molar-refractivity contribution in [3.8, 4) is 11.8 Å². The van der Waals surface area contributed by atoms with E-state index in [-0.39, 0.29) is 0 Å². The summed E-state index contributed by atoms with van der Waals surface area (Å²) in [4.78, 5) is 0. The number of rotatable bonds is 1. The highest BCUT2D eigenvalue weighted by Gasteiger charge is 2.06. The molecule has 2 nitrogen and oxygen atoms in total. The Morgan fingerprint density at radius 1 is 1.58 bits per heavy atom. The molecule has 12 heavy (non-hydrogen) atoms. The van der Waals surface area contributed by atoms with E-state index in [0.29, 0.717) is 15.8 Å². The van der Waals surface area contributed by atoms with Gasteiger partial charge in [-0.3, -0.25) is 0 Å². The van der Waals surface area contributed by atoms with Crippen LogP contribution in [0.3, 0.4) is 0 Å². The molecule has 0 aliphatic carbocycles. The maximum atomic E-state index is 8.72. The molecule has 1 aromatic rings. The second-order valence-corrected chi connectivity index (χ2v) is 4.12. The molecule has 0 unspecified atom stereocenters. The summed E-state index contributed by atoms with van der Waals surface area (Å²) in [5.41, 5.74) is 0.596. The summed E-state index contributed by atoms with van der Waals surface area (Å²) >= 11 is 5.43. The average Bonchev–Trinajstić information content (AvgIpc) is 2.08. The number of benzene rings is 1. The van der Waals surface area contributed by atoms with Gasteiger partial charge in [-0.05, 0) is 50.7 Å². The van der Waals surface area contributed by atoms with Crippen LogP contribution in [-0.2, 0) is 0 Å². The quantitative estimate of drug-likeness (QED) is 0.738. The lowest BCUT2D eigenvalue weighted by molar-refractivity contribution is 0.411. The van der Waals surface area contributed by atoms with Gasteiger partial charge >= 0.3 is 0 Å². The van der Waals surface area contributed by atoms with Crippen molar-refractivity contribution in [2.75, 3.05) is 7.11 Å². The number of ether oxygens (including phenoxy) is 1. The number of nitriles is 1. The summed E-state index contributed by atoms with van der Waals surface area (Å²) in [7, 11) is 1.58. The van der Waals surface area contributed by atoms with E-state index in [2.05, 4.69) is 44.6 Å². The Kier molecular flexibility index (Phi) is 3.35. The van der Waals surface area contributed by atoms with Gasteiger partial charge in [-0.1, -0.05) is 0 Å². The van der Waals surface area contributed by atoms with Crippen molar-refractivity contribution in [1.29, 1.82) is 5.26 Å². The topological polar surface area (TPSA) is 33.0 Å². The van der Waals surface area contributed by atoms with Crippen molar-refractivity contribution in [2.24, 2.45) is 0 Å². The van der Waals surface area contributed by atoms with Crippen LogP contribution < -0.4 is 4.74 Å². The minimum atomic E-state index is 0.596. The molecule has 0 heterocycles. The predicted octanol–water partition coefficient (Wildman–Crippen LogP) is 2.93. The van der Waals surface area contributed by atoms with E-state index in [0.717, 1.165) is 3.57 Å². The fourth-order valence-electron chi connectivity index (χ4n) is 0.794. The average molecular weight is 338 g/mol. The van der Waals surface area contributed by atoms with E-state index >= 15 is 0 Å². The summed E-state index contributed by atoms with van der Waals surface area (Å²) < 4.78 is 6.77. The van der Waals surface area contributed by atoms with E-state index in [1.165, 1.54) is 0 Å². The van der Waals surface area contributed by atoms with Gasteiger partial charge in [-0.15, -0.1) is 0 Å². The molecular weight excluding hydrogens is 333 g/mol. The first-order chi connectivity index (χ1) is 5.69. The summed E-state index contributed by atoms with van der Waals surface area (Å²) in [5, 5.41) is 8.72. The molecule has 1 rings (SSSR count). The number of hydrogen-bond acceptors (Lipinski definition) is 2. The first-order valence-electron chi connectivity index (χ1n) is 3.12. The lowest BCUT2D eigenvalue weighted by atomic mass is 10.2. The Labute approximate surface area is 92.8 Å². The SMILES string of the molecule is COc1cc(I)cc(C#N)c1Br. The number of halogens is 2. The molecule has 4 heteroatoms. The smallest absolute Gasteiger partial charge is 0.135 e. The van der Waals surface area contributed by atoms with Gasteiger partial charge in [0.2, 0.25) is 0 Å². The number of methoxy groups -OCH3 is 1. The lowest BCUT2D eigenvalue weighted by Crippen LogP contribution is -1.88. The van der Waals surface area contributed by atoms with Crippen molar-refractivity contribution in [2.45, 2.75) is 0 Å². The zero-order valence-electron chi connectivity index (χ0n) is 6.27. The molecule has 0 aromatic heterocycles. The normalized spacial score (nSPS) is 9.17.